The van der Waals surface area contributed by atoms with E-state index in [2.05, 4.69) is 10.5 Å². The van der Waals surface area contributed by atoms with E-state index in [-0.39, 0.29) is 5.75 Å². The fourth-order valence-corrected chi connectivity index (χ4v) is 0.841. The van der Waals surface area contributed by atoms with Gasteiger partial charge in [0, 0.05) is 6.21 Å². The minimum Gasteiger partial charge on any atom is -0.508 e. The van der Waals surface area contributed by atoms with Crippen LogP contribution in [0.25, 0.3) is 0 Å². The number of hydrogen-bond donors (Lipinski definition) is 3. The van der Waals surface area contributed by atoms with Crippen LogP contribution in [0.3, 0.4) is 0 Å². The lowest BCUT2D eigenvalue weighted by atomic mass is 10.2. The van der Waals surface area contributed by atoms with Crippen molar-refractivity contribution in [2.45, 2.75) is 6.54 Å². The molecule has 0 atom stereocenters. The van der Waals surface area contributed by atoms with Gasteiger partial charge in [0.05, 0.1) is 12.8 Å². The molecule has 1 aromatic carbocycles. The van der Waals surface area contributed by atoms with Crippen molar-refractivity contribution in [2.24, 2.45) is 5.10 Å². The van der Waals surface area contributed by atoms with E-state index < -0.39 is 0 Å². The summed E-state index contributed by atoms with van der Waals surface area (Å²) in [5.74, 6) is 0.256. The number of rotatable bonds is 4. The maximum absolute atomic E-state index is 8.99. The molecule has 0 saturated heterocycles. The number of phenols is 1. The maximum Gasteiger partial charge on any atom is 0.115 e. The number of aromatic hydroxyl groups is 1. The normalized spacial score (nSPS) is 10.2. The number of hydrogen-bond acceptors (Lipinski definition) is 4. The van der Waals surface area contributed by atoms with Crippen molar-refractivity contribution in [3.63, 3.8) is 0 Å². The molecule has 4 nitrogen and oxygen atoms in total. The average Bonchev–Trinajstić information content (AvgIpc) is 2.15. The topological polar surface area (TPSA) is 68.5 Å². The van der Waals surface area contributed by atoms with Gasteiger partial charge in [-0.25, -0.2) is 0 Å². The van der Waals surface area contributed by atoms with Crippen molar-refractivity contribution in [1.29, 1.82) is 5.41 Å². The lowest BCUT2D eigenvalue weighted by molar-refractivity contribution is 0.475. The molecule has 1 aromatic rings. The number of phenolic OH excluding ortho intramolecular Hbond substituents is 1. The third-order valence-corrected chi connectivity index (χ3v) is 1.46. The first kappa shape index (κ1) is 9.25. The molecule has 0 fully saturated rings. The molecule has 3 N–H and O–H groups in total. The van der Waals surface area contributed by atoms with Crippen molar-refractivity contribution in [3.05, 3.63) is 29.8 Å². The van der Waals surface area contributed by atoms with Gasteiger partial charge in [0.15, 0.2) is 0 Å². The van der Waals surface area contributed by atoms with Crippen LogP contribution >= 0.6 is 0 Å². The molecule has 13 heavy (non-hydrogen) atoms. The quantitative estimate of drug-likeness (QED) is 0.476. The molecule has 0 saturated carbocycles. The molecule has 0 aliphatic carbocycles. The Balaban J connectivity index is 2.41. The Morgan fingerprint density at radius 1 is 1.38 bits per heavy atom. The molecule has 1 rings (SSSR count). The van der Waals surface area contributed by atoms with Crippen molar-refractivity contribution >= 4 is 12.4 Å². The Bertz CT molecular complexity index is 292. The lowest BCUT2D eigenvalue weighted by Crippen LogP contribution is -2.04. The molecule has 0 aromatic heterocycles. The van der Waals surface area contributed by atoms with Crippen LogP contribution in [0.5, 0.6) is 5.75 Å². The molecule has 0 radical (unpaired) electrons. The molecule has 0 spiro atoms. The van der Waals surface area contributed by atoms with Gasteiger partial charge in [0.2, 0.25) is 0 Å². The van der Waals surface area contributed by atoms with Crippen LogP contribution in [0.15, 0.2) is 29.4 Å². The predicted octanol–water partition coefficient (Wildman–Crippen LogP) is 1.12. The highest BCUT2D eigenvalue weighted by Gasteiger charge is 1.90. The Morgan fingerprint density at radius 3 is 2.69 bits per heavy atom. The summed E-state index contributed by atoms with van der Waals surface area (Å²) in [6, 6.07) is 6.86. The monoisotopic (exact) mass is 177 g/mol. The van der Waals surface area contributed by atoms with Crippen LogP contribution in [0.1, 0.15) is 5.56 Å². The van der Waals surface area contributed by atoms with Gasteiger partial charge < -0.3 is 15.9 Å². The van der Waals surface area contributed by atoms with Crippen molar-refractivity contribution in [2.75, 3.05) is 0 Å². The Morgan fingerprint density at radius 2 is 2.08 bits per heavy atom. The zero-order valence-corrected chi connectivity index (χ0v) is 7.07. The fraction of sp³-hybridized carbons (Fsp3) is 0.111. The number of nitrogens with one attached hydrogen (secondary N) is 2. The first-order valence-electron chi connectivity index (χ1n) is 3.86. The molecule has 4 heteroatoms. The summed E-state index contributed by atoms with van der Waals surface area (Å²) in [7, 11) is 0. The first-order chi connectivity index (χ1) is 6.33. The second kappa shape index (κ2) is 4.92. The zero-order valence-electron chi connectivity index (χ0n) is 7.07. The van der Waals surface area contributed by atoms with Gasteiger partial charge >= 0.3 is 0 Å². The summed E-state index contributed by atoms with van der Waals surface area (Å²) in [4.78, 5) is 0. The number of hydrazone groups is 1. The van der Waals surface area contributed by atoms with Gasteiger partial charge in [-0.1, -0.05) is 12.1 Å². The second-order valence-corrected chi connectivity index (χ2v) is 2.45. The first-order valence-corrected chi connectivity index (χ1v) is 3.86. The molecule has 0 bridgehead atoms. The van der Waals surface area contributed by atoms with E-state index in [0.29, 0.717) is 6.54 Å². The maximum atomic E-state index is 8.99. The van der Waals surface area contributed by atoms with Gasteiger partial charge in [-0.3, -0.25) is 0 Å². The largest absolute Gasteiger partial charge is 0.508 e. The third kappa shape index (κ3) is 3.37. The minimum atomic E-state index is 0.256. The summed E-state index contributed by atoms with van der Waals surface area (Å²) in [5, 5.41) is 19.4. The summed E-state index contributed by atoms with van der Waals surface area (Å²) >= 11 is 0. The molecular weight excluding hydrogens is 166 g/mol. The Labute approximate surface area is 76.4 Å². The van der Waals surface area contributed by atoms with E-state index in [4.69, 9.17) is 10.5 Å². The van der Waals surface area contributed by atoms with Gasteiger partial charge in [-0.05, 0) is 17.7 Å². The predicted molar refractivity (Wildman–Crippen MR) is 52.2 cm³/mol. The smallest absolute Gasteiger partial charge is 0.115 e. The third-order valence-electron chi connectivity index (χ3n) is 1.46. The summed E-state index contributed by atoms with van der Waals surface area (Å²) in [6.45, 7) is 0.588. The van der Waals surface area contributed by atoms with Gasteiger partial charge in [0.25, 0.3) is 0 Å². The van der Waals surface area contributed by atoms with Crippen LogP contribution < -0.4 is 5.43 Å². The van der Waals surface area contributed by atoms with Crippen LogP contribution in [-0.4, -0.2) is 17.5 Å². The molecule has 0 heterocycles. The Hall–Kier alpha value is -1.84. The summed E-state index contributed by atoms with van der Waals surface area (Å²) in [6.07, 6.45) is 2.46. The van der Waals surface area contributed by atoms with E-state index >= 15 is 0 Å². The number of nitrogens with zero attached hydrogens (tertiary/aromatic N) is 1. The zero-order chi connectivity index (χ0) is 9.52. The molecule has 0 aliphatic rings. The van der Waals surface area contributed by atoms with E-state index in [9.17, 15) is 0 Å². The van der Waals surface area contributed by atoms with Gasteiger partial charge in [0.1, 0.15) is 5.75 Å². The molecular formula is C9H11N3O. The van der Waals surface area contributed by atoms with Gasteiger partial charge in [-0.15, -0.1) is 0 Å². The van der Waals surface area contributed by atoms with E-state index in [1.54, 1.807) is 12.1 Å². The van der Waals surface area contributed by atoms with Crippen molar-refractivity contribution in [3.8, 4) is 5.75 Å². The van der Waals surface area contributed by atoms with Gasteiger partial charge in [-0.2, -0.15) is 5.10 Å². The highest BCUT2D eigenvalue weighted by Crippen LogP contribution is 2.08. The molecule has 0 amide bonds. The van der Waals surface area contributed by atoms with Crippen LogP contribution in [0, 0.1) is 5.41 Å². The highest BCUT2D eigenvalue weighted by atomic mass is 16.3. The SMILES string of the molecule is N=CC=NNCc1ccc(O)cc1. The van der Waals surface area contributed by atoms with E-state index in [1.807, 2.05) is 12.1 Å². The average molecular weight is 177 g/mol. The minimum absolute atomic E-state index is 0.256. The standard InChI is InChI=1S/C9H11N3O/c10-5-6-11-12-7-8-1-3-9(13)4-2-8/h1-6,10,12-13H,7H2. The van der Waals surface area contributed by atoms with Crippen LogP contribution in [0.4, 0.5) is 0 Å². The van der Waals surface area contributed by atoms with Crippen LogP contribution in [-0.2, 0) is 6.54 Å². The molecule has 68 valence electrons. The Kier molecular flexibility index (Phi) is 3.50. The summed E-state index contributed by atoms with van der Waals surface area (Å²) < 4.78 is 0. The highest BCUT2D eigenvalue weighted by molar-refractivity contribution is 6.14. The fourth-order valence-electron chi connectivity index (χ4n) is 0.841. The molecule has 0 unspecified atom stereocenters. The van der Waals surface area contributed by atoms with Crippen LogP contribution in [0.2, 0.25) is 0 Å². The number of benzene rings is 1. The van der Waals surface area contributed by atoms with E-state index in [0.717, 1.165) is 11.8 Å². The summed E-state index contributed by atoms with van der Waals surface area (Å²) in [5.41, 5.74) is 3.79. The second-order valence-electron chi connectivity index (χ2n) is 2.45. The van der Waals surface area contributed by atoms with Crippen molar-refractivity contribution < 1.29 is 5.11 Å². The molecule has 0 aliphatic heterocycles. The van der Waals surface area contributed by atoms with E-state index in [1.165, 1.54) is 6.21 Å². The van der Waals surface area contributed by atoms with Crippen molar-refractivity contribution in [1.82, 2.24) is 5.43 Å². The lowest BCUT2D eigenvalue weighted by Gasteiger charge is -1.99.